The summed E-state index contributed by atoms with van der Waals surface area (Å²) in [6, 6.07) is 15.6. The number of methoxy groups -OCH3 is 1. The second-order valence-corrected chi connectivity index (χ2v) is 7.69. The maximum atomic E-state index is 13.0. The van der Waals surface area contributed by atoms with Crippen LogP contribution in [-0.2, 0) is 9.59 Å². The van der Waals surface area contributed by atoms with Crippen LogP contribution in [0.4, 0.5) is 0 Å². The number of carbonyl (C=O) groups is 2. The van der Waals surface area contributed by atoms with E-state index < -0.39 is 17.7 Å². The number of rotatable bonds is 9. The van der Waals surface area contributed by atoms with Crippen molar-refractivity contribution in [2.45, 2.75) is 26.3 Å². The van der Waals surface area contributed by atoms with Crippen molar-refractivity contribution in [1.29, 1.82) is 0 Å². The molecule has 3 rings (SSSR count). The van der Waals surface area contributed by atoms with E-state index in [-0.39, 0.29) is 11.3 Å². The average molecular weight is 424 g/mol. The minimum absolute atomic E-state index is 0.136. The maximum Gasteiger partial charge on any atom is 0.295 e. The number of nitrogens with zero attached hydrogens (tertiary/aromatic N) is 1. The van der Waals surface area contributed by atoms with E-state index in [0.29, 0.717) is 17.9 Å². The van der Waals surface area contributed by atoms with Gasteiger partial charge in [-0.3, -0.25) is 9.59 Å². The largest absolute Gasteiger partial charge is 0.507 e. The molecule has 0 saturated carbocycles. The molecule has 1 aliphatic heterocycles. The standard InChI is InChI=1S/C25H30N2O4/c1-4-26(5-2)16-9-17-27-22(18-12-14-20(31-3)15-13-18)21(24(29)25(27)30)23(28)19-10-7-6-8-11-19/h6-8,10-15,22,28H,4-5,9,16-17H2,1-3H3/p+1/t22-/m1/s1. The topological polar surface area (TPSA) is 71.3 Å². The zero-order valence-corrected chi connectivity index (χ0v) is 18.4. The third-order valence-electron chi connectivity index (χ3n) is 5.95. The molecule has 0 bridgehead atoms. The Kier molecular flexibility index (Phi) is 7.47. The molecule has 1 atom stereocenters. The van der Waals surface area contributed by atoms with Crippen LogP contribution in [0.1, 0.15) is 37.4 Å². The van der Waals surface area contributed by atoms with Crippen molar-refractivity contribution in [3.05, 3.63) is 71.3 Å². The zero-order valence-electron chi connectivity index (χ0n) is 18.4. The summed E-state index contributed by atoms with van der Waals surface area (Å²) in [6.45, 7) is 7.70. The highest BCUT2D eigenvalue weighted by atomic mass is 16.5. The lowest BCUT2D eigenvalue weighted by atomic mass is 9.95. The summed E-state index contributed by atoms with van der Waals surface area (Å²) >= 11 is 0. The minimum Gasteiger partial charge on any atom is -0.507 e. The molecule has 1 aliphatic rings. The molecule has 164 valence electrons. The molecule has 1 saturated heterocycles. The van der Waals surface area contributed by atoms with Crippen LogP contribution in [-0.4, -0.2) is 55.0 Å². The Morgan fingerprint density at radius 3 is 2.26 bits per heavy atom. The number of aliphatic hydroxyl groups excluding tert-OH is 1. The van der Waals surface area contributed by atoms with Crippen molar-refractivity contribution in [1.82, 2.24) is 4.90 Å². The number of benzene rings is 2. The van der Waals surface area contributed by atoms with Crippen molar-refractivity contribution in [2.24, 2.45) is 0 Å². The lowest BCUT2D eigenvalue weighted by Crippen LogP contribution is -3.11. The maximum absolute atomic E-state index is 13.0. The molecular weight excluding hydrogens is 392 g/mol. The molecule has 1 fully saturated rings. The number of ketones is 1. The summed E-state index contributed by atoms with van der Waals surface area (Å²) < 4.78 is 5.25. The molecule has 0 radical (unpaired) electrons. The number of aliphatic hydroxyl groups is 1. The van der Waals surface area contributed by atoms with Gasteiger partial charge in [-0.15, -0.1) is 0 Å². The second-order valence-electron chi connectivity index (χ2n) is 7.69. The SMILES string of the molecule is CC[NH+](CC)CCCN1C(=O)C(=O)C(=C(O)c2ccccc2)[C@H]1c1ccc(OC)cc1. The van der Waals surface area contributed by atoms with Gasteiger partial charge in [-0.25, -0.2) is 0 Å². The Bertz CT molecular complexity index is 934. The monoisotopic (exact) mass is 423 g/mol. The van der Waals surface area contributed by atoms with Crippen LogP contribution in [0.25, 0.3) is 5.76 Å². The summed E-state index contributed by atoms with van der Waals surface area (Å²) in [4.78, 5) is 29.0. The lowest BCUT2D eigenvalue weighted by molar-refractivity contribution is -0.896. The highest BCUT2D eigenvalue weighted by Crippen LogP contribution is 2.39. The van der Waals surface area contributed by atoms with Gasteiger partial charge in [0.2, 0.25) is 0 Å². The third-order valence-corrected chi connectivity index (χ3v) is 5.95. The fraction of sp³-hybridized carbons (Fsp3) is 0.360. The van der Waals surface area contributed by atoms with E-state index >= 15 is 0 Å². The molecule has 1 heterocycles. The number of Topliss-reactive ketones (excluding diaryl/α,β-unsaturated/α-hetero) is 1. The van der Waals surface area contributed by atoms with Crippen LogP contribution in [0.15, 0.2) is 60.2 Å². The summed E-state index contributed by atoms with van der Waals surface area (Å²) in [7, 11) is 1.59. The van der Waals surface area contributed by atoms with Crippen molar-refractivity contribution in [3.63, 3.8) is 0 Å². The highest BCUT2D eigenvalue weighted by Gasteiger charge is 2.45. The van der Waals surface area contributed by atoms with Gasteiger partial charge in [0.25, 0.3) is 11.7 Å². The van der Waals surface area contributed by atoms with E-state index in [4.69, 9.17) is 4.74 Å². The van der Waals surface area contributed by atoms with Gasteiger partial charge in [0, 0.05) is 18.5 Å². The molecular formula is C25H31N2O4+. The summed E-state index contributed by atoms with van der Waals surface area (Å²) in [5.41, 5.74) is 1.43. The number of hydrogen-bond acceptors (Lipinski definition) is 4. The molecule has 2 aromatic carbocycles. The Morgan fingerprint density at radius 2 is 1.68 bits per heavy atom. The normalized spacial score (nSPS) is 18.1. The third kappa shape index (κ3) is 4.80. The van der Waals surface area contributed by atoms with Gasteiger partial charge in [-0.1, -0.05) is 42.5 Å². The van der Waals surface area contributed by atoms with E-state index in [1.807, 2.05) is 18.2 Å². The van der Waals surface area contributed by atoms with E-state index in [1.165, 1.54) is 4.90 Å². The molecule has 1 amide bonds. The number of ether oxygens (including phenoxy) is 1. The van der Waals surface area contributed by atoms with E-state index in [9.17, 15) is 14.7 Å². The average Bonchev–Trinajstić information content (AvgIpc) is 3.07. The first-order chi connectivity index (χ1) is 15.0. The van der Waals surface area contributed by atoms with Crippen LogP contribution in [0, 0.1) is 0 Å². The Labute approximate surface area is 183 Å². The van der Waals surface area contributed by atoms with E-state index in [0.717, 1.165) is 31.6 Å². The lowest BCUT2D eigenvalue weighted by Gasteiger charge is -2.26. The first-order valence-corrected chi connectivity index (χ1v) is 10.8. The summed E-state index contributed by atoms with van der Waals surface area (Å²) in [5, 5.41) is 11.0. The van der Waals surface area contributed by atoms with Gasteiger partial charge in [0.1, 0.15) is 11.5 Å². The number of nitrogens with one attached hydrogen (secondary N) is 1. The number of carbonyl (C=O) groups excluding carboxylic acids is 2. The Hall–Kier alpha value is -3.12. The van der Waals surface area contributed by atoms with Gasteiger partial charge in [-0.2, -0.15) is 0 Å². The minimum atomic E-state index is -0.641. The molecule has 31 heavy (non-hydrogen) atoms. The van der Waals surface area contributed by atoms with Gasteiger partial charge < -0.3 is 19.6 Å². The molecule has 0 spiro atoms. The van der Waals surface area contributed by atoms with Crippen LogP contribution in [0.5, 0.6) is 5.75 Å². The molecule has 0 aromatic heterocycles. The zero-order chi connectivity index (χ0) is 22.4. The quantitative estimate of drug-likeness (QED) is 0.369. The molecule has 0 aliphatic carbocycles. The summed E-state index contributed by atoms with van der Waals surface area (Å²) in [5.74, 6) is -0.657. The second kappa shape index (κ2) is 10.3. The Balaban J connectivity index is 2.00. The first-order valence-electron chi connectivity index (χ1n) is 10.8. The van der Waals surface area contributed by atoms with Crippen molar-refractivity contribution in [2.75, 3.05) is 33.3 Å². The number of hydrogen-bond donors (Lipinski definition) is 2. The fourth-order valence-corrected chi connectivity index (χ4v) is 4.10. The number of amides is 1. The molecule has 6 nitrogen and oxygen atoms in total. The van der Waals surface area contributed by atoms with Crippen molar-refractivity contribution in [3.8, 4) is 5.75 Å². The van der Waals surface area contributed by atoms with Crippen molar-refractivity contribution < 1.29 is 24.3 Å². The molecule has 2 aromatic rings. The van der Waals surface area contributed by atoms with Crippen LogP contribution in [0.3, 0.4) is 0 Å². The molecule has 0 unspecified atom stereocenters. The van der Waals surface area contributed by atoms with Crippen LogP contribution >= 0.6 is 0 Å². The Morgan fingerprint density at radius 1 is 1.03 bits per heavy atom. The fourth-order valence-electron chi connectivity index (χ4n) is 4.10. The van der Waals surface area contributed by atoms with Gasteiger partial charge in [0.15, 0.2) is 0 Å². The van der Waals surface area contributed by atoms with E-state index in [1.54, 1.807) is 48.4 Å². The number of quaternary nitrogens is 1. The van der Waals surface area contributed by atoms with Crippen molar-refractivity contribution >= 4 is 17.4 Å². The molecule has 6 heteroatoms. The van der Waals surface area contributed by atoms with Gasteiger partial charge in [0.05, 0.1) is 38.4 Å². The first kappa shape index (κ1) is 22.6. The predicted octanol–water partition coefficient (Wildman–Crippen LogP) is 2.43. The molecule has 2 N–H and O–H groups in total. The predicted molar refractivity (Wildman–Crippen MR) is 120 cm³/mol. The van der Waals surface area contributed by atoms with E-state index in [2.05, 4.69) is 13.8 Å². The summed E-state index contributed by atoms with van der Waals surface area (Å²) in [6.07, 6.45) is 0.780. The van der Waals surface area contributed by atoms with Gasteiger partial charge in [-0.05, 0) is 31.5 Å². The van der Waals surface area contributed by atoms with Crippen LogP contribution in [0.2, 0.25) is 0 Å². The number of likely N-dealkylation sites (tertiary alicyclic amines) is 1. The van der Waals surface area contributed by atoms with Gasteiger partial charge >= 0.3 is 0 Å². The van der Waals surface area contributed by atoms with Crippen LogP contribution < -0.4 is 9.64 Å². The highest BCUT2D eigenvalue weighted by molar-refractivity contribution is 6.46. The smallest absolute Gasteiger partial charge is 0.295 e.